The molecule has 7 nitrogen and oxygen atoms in total. The van der Waals surface area contributed by atoms with Crippen molar-refractivity contribution in [3.8, 4) is 5.75 Å². The number of hydrogen-bond donors (Lipinski definition) is 1. The number of ether oxygens (including phenoxy) is 1. The molecule has 9 heteroatoms. The molecular weight excluding hydrogens is 462 g/mol. The van der Waals surface area contributed by atoms with Crippen LogP contribution in [0.2, 0.25) is 5.02 Å². The summed E-state index contributed by atoms with van der Waals surface area (Å²) in [7, 11) is -1.98. The van der Waals surface area contributed by atoms with Crippen molar-refractivity contribution >= 4 is 43.9 Å². The number of hydrogen-bond acceptors (Lipinski definition) is 5. The van der Waals surface area contributed by atoms with Gasteiger partial charge in [-0.05, 0) is 29.8 Å². The number of halogens is 1. The van der Waals surface area contributed by atoms with Crippen LogP contribution in [-0.4, -0.2) is 37.5 Å². The van der Waals surface area contributed by atoms with Crippen LogP contribution in [0.1, 0.15) is 11.1 Å². The highest BCUT2D eigenvalue weighted by Gasteiger charge is 2.19. The number of methoxy groups -OCH3 is 1. The molecule has 0 saturated carbocycles. The van der Waals surface area contributed by atoms with Crippen LogP contribution >= 0.6 is 11.6 Å². The van der Waals surface area contributed by atoms with Gasteiger partial charge in [-0.3, -0.25) is 9.48 Å². The molecule has 0 spiro atoms. The van der Waals surface area contributed by atoms with Crippen LogP contribution in [0.3, 0.4) is 0 Å². The Morgan fingerprint density at radius 1 is 1.09 bits per heavy atom. The van der Waals surface area contributed by atoms with E-state index in [2.05, 4.69) is 10.4 Å². The molecule has 4 aromatic rings. The highest BCUT2D eigenvalue weighted by molar-refractivity contribution is 7.91. The Bertz CT molecular complexity index is 1450. The molecule has 170 valence electrons. The normalized spacial score (nSPS) is 11.5. The molecule has 3 aromatic carbocycles. The lowest BCUT2D eigenvalue weighted by Gasteiger charge is -2.12. The van der Waals surface area contributed by atoms with Gasteiger partial charge in [0.25, 0.3) is 0 Å². The molecule has 0 atom stereocenters. The van der Waals surface area contributed by atoms with E-state index in [0.717, 1.165) is 11.8 Å². The summed E-state index contributed by atoms with van der Waals surface area (Å²) in [4.78, 5) is 12.8. The zero-order chi connectivity index (χ0) is 23.6. The van der Waals surface area contributed by atoms with Crippen LogP contribution in [0.5, 0.6) is 5.75 Å². The maximum absolute atomic E-state index is 12.7. The molecule has 0 saturated heterocycles. The quantitative estimate of drug-likeness (QED) is 0.422. The first-order chi connectivity index (χ1) is 15.8. The molecule has 0 unspecified atom stereocenters. The SMILES string of the molecule is COc1ccccc1Cn1ncc2c(S(C)(=O)=O)cc(NC(=O)Cc3ccccc3Cl)cc21. The number of carbonyl (C=O) groups is 1. The van der Waals surface area contributed by atoms with Gasteiger partial charge in [0.2, 0.25) is 5.91 Å². The van der Waals surface area contributed by atoms with Crippen molar-refractivity contribution in [3.05, 3.63) is 83.0 Å². The maximum atomic E-state index is 12.7. The van der Waals surface area contributed by atoms with Crippen molar-refractivity contribution in [2.45, 2.75) is 17.9 Å². The number of nitrogens with one attached hydrogen (secondary N) is 1. The molecule has 1 heterocycles. The Hall–Kier alpha value is -3.36. The molecule has 1 aromatic heterocycles. The number of para-hydroxylation sites is 1. The lowest BCUT2D eigenvalue weighted by atomic mass is 10.1. The molecule has 1 N–H and O–H groups in total. The minimum Gasteiger partial charge on any atom is -0.496 e. The lowest BCUT2D eigenvalue weighted by molar-refractivity contribution is -0.115. The van der Waals surface area contributed by atoms with Crippen LogP contribution in [0.25, 0.3) is 10.9 Å². The van der Waals surface area contributed by atoms with Gasteiger partial charge in [0.05, 0.1) is 36.7 Å². The molecule has 0 aliphatic rings. The van der Waals surface area contributed by atoms with E-state index in [9.17, 15) is 13.2 Å². The summed E-state index contributed by atoms with van der Waals surface area (Å²) in [5, 5.41) is 8.18. The molecule has 4 rings (SSSR count). The van der Waals surface area contributed by atoms with Gasteiger partial charge in [-0.2, -0.15) is 5.10 Å². The molecule has 1 amide bonds. The summed E-state index contributed by atoms with van der Waals surface area (Å²) < 4.78 is 32.1. The average Bonchev–Trinajstić information content (AvgIpc) is 3.17. The number of sulfone groups is 1. The Morgan fingerprint density at radius 2 is 1.79 bits per heavy atom. The molecule has 0 bridgehead atoms. The standard InChI is InChI=1S/C24H22ClN3O4S/c1-32-22-10-6-4-8-17(22)15-28-21-12-18(13-23(33(2,30)31)19(21)14-26-28)27-24(29)11-16-7-3-5-9-20(16)25/h3-10,12-14H,11,15H2,1-2H3,(H,27,29). The van der Waals surface area contributed by atoms with E-state index in [-0.39, 0.29) is 17.2 Å². The third-order valence-electron chi connectivity index (χ3n) is 5.23. The van der Waals surface area contributed by atoms with Crippen LogP contribution in [-0.2, 0) is 27.6 Å². The van der Waals surface area contributed by atoms with Crippen molar-refractivity contribution in [1.29, 1.82) is 0 Å². The molecule has 0 fully saturated rings. The van der Waals surface area contributed by atoms with Gasteiger partial charge in [0, 0.05) is 27.9 Å². The highest BCUT2D eigenvalue weighted by Crippen LogP contribution is 2.29. The van der Waals surface area contributed by atoms with Crippen LogP contribution in [0.15, 0.2) is 71.8 Å². The summed E-state index contributed by atoms with van der Waals surface area (Å²) in [6.07, 6.45) is 2.72. The molecule has 0 radical (unpaired) electrons. The second-order valence-corrected chi connectivity index (χ2v) is 10.0. The van der Waals surface area contributed by atoms with Gasteiger partial charge in [-0.1, -0.05) is 48.0 Å². The van der Waals surface area contributed by atoms with Gasteiger partial charge in [0.1, 0.15) is 5.75 Å². The van der Waals surface area contributed by atoms with Crippen LogP contribution in [0.4, 0.5) is 5.69 Å². The fraction of sp³-hybridized carbons (Fsp3) is 0.167. The van der Waals surface area contributed by atoms with Gasteiger partial charge in [-0.15, -0.1) is 0 Å². The van der Waals surface area contributed by atoms with Gasteiger partial charge in [-0.25, -0.2) is 8.42 Å². The zero-order valence-corrected chi connectivity index (χ0v) is 19.7. The summed E-state index contributed by atoms with van der Waals surface area (Å²) >= 11 is 6.16. The van der Waals surface area contributed by atoms with Gasteiger partial charge in [0.15, 0.2) is 9.84 Å². The second kappa shape index (κ2) is 9.25. The van der Waals surface area contributed by atoms with Gasteiger partial charge >= 0.3 is 0 Å². The maximum Gasteiger partial charge on any atom is 0.228 e. The Balaban J connectivity index is 1.72. The first kappa shape index (κ1) is 22.8. The summed E-state index contributed by atoms with van der Waals surface area (Å²) in [5.41, 5.74) is 2.51. The predicted molar refractivity (Wildman–Crippen MR) is 129 cm³/mol. The van der Waals surface area contributed by atoms with E-state index >= 15 is 0 Å². The molecular formula is C24H22ClN3O4S. The van der Waals surface area contributed by atoms with Crippen molar-refractivity contribution in [1.82, 2.24) is 9.78 Å². The summed E-state index contributed by atoms with van der Waals surface area (Å²) in [6.45, 7) is 0.369. The number of amides is 1. The largest absolute Gasteiger partial charge is 0.496 e. The number of fused-ring (bicyclic) bond motifs is 1. The monoisotopic (exact) mass is 483 g/mol. The van der Waals surface area contributed by atoms with Gasteiger partial charge < -0.3 is 10.1 Å². The minimum atomic E-state index is -3.58. The predicted octanol–water partition coefficient (Wildman–Crippen LogP) is 4.33. The first-order valence-electron chi connectivity index (χ1n) is 10.1. The number of anilines is 1. The Morgan fingerprint density at radius 3 is 2.48 bits per heavy atom. The number of rotatable bonds is 7. The van der Waals surface area contributed by atoms with Crippen LogP contribution < -0.4 is 10.1 Å². The summed E-state index contributed by atoms with van der Waals surface area (Å²) in [5.74, 6) is 0.395. The number of carbonyl (C=O) groups excluding carboxylic acids is 1. The smallest absolute Gasteiger partial charge is 0.228 e. The zero-order valence-electron chi connectivity index (χ0n) is 18.1. The van der Waals surface area contributed by atoms with Crippen molar-refractivity contribution in [3.63, 3.8) is 0 Å². The number of aromatic nitrogens is 2. The fourth-order valence-electron chi connectivity index (χ4n) is 3.66. The molecule has 33 heavy (non-hydrogen) atoms. The van der Waals surface area contributed by atoms with Crippen molar-refractivity contribution < 1.29 is 17.9 Å². The Labute approximate surface area is 196 Å². The van der Waals surface area contributed by atoms with E-state index in [1.807, 2.05) is 24.3 Å². The molecule has 0 aliphatic heterocycles. The molecule has 0 aliphatic carbocycles. The van der Waals surface area contributed by atoms with E-state index in [0.29, 0.717) is 39.5 Å². The van der Waals surface area contributed by atoms with Crippen molar-refractivity contribution in [2.75, 3.05) is 18.7 Å². The van der Waals surface area contributed by atoms with Crippen molar-refractivity contribution in [2.24, 2.45) is 0 Å². The summed E-state index contributed by atoms with van der Waals surface area (Å²) in [6, 6.07) is 17.8. The third-order valence-corrected chi connectivity index (χ3v) is 6.73. The lowest BCUT2D eigenvalue weighted by Crippen LogP contribution is -2.15. The third kappa shape index (κ3) is 5.02. The Kier molecular flexibility index (Phi) is 6.40. The minimum absolute atomic E-state index is 0.0619. The second-order valence-electron chi connectivity index (χ2n) is 7.61. The van der Waals surface area contributed by atoms with E-state index in [1.54, 1.807) is 42.1 Å². The van der Waals surface area contributed by atoms with E-state index in [4.69, 9.17) is 16.3 Å². The number of benzene rings is 3. The van der Waals surface area contributed by atoms with E-state index in [1.165, 1.54) is 12.3 Å². The topological polar surface area (TPSA) is 90.3 Å². The van der Waals surface area contributed by atoms with Crippen LogP contribution in [0, 0.1) is 0 Å². The highest BCUT2D eigenvalue weighted by atomic mass is 35.5. The number of nitrogens with zero attached hydrogens (tertiary/aromatic N) is 2. The average molecular weight is 484 g/mol. The first-order valence-corrected chi connectivity index (χ1v) is 12.4. The fourth-order valence-corrected chi connectivity index (χ4v) is 4.76. The van der Waals surface area contributed by atoms with E-state index < -0.39 is 9.84 Å².